The first-order valence-electron chi connectivity index (χ1n) is 7.97. The van der Waals surface area contributed by atoms with E-state index in [1.807, 2.05) is 0 Å². The molecule has 0 spiro atoms. The predicted octanol–water partition coefficient (Wildman–Crippen LogP) is 3.28. The Labute approximate surface area is 158 Å². The maximum atomic E-state index is 13.3. The summed E-state index contributed by atoms with van der Waals surface area (Å²) in [5.41, 5.74) is 0.292. The summed E-state index contributed by atoms with van der Waals surface area (Å²) in [7, 11) is 2.81. The molecule has 2 aromatic rings. The van der Waals surface area contributed by atoms with Gasteiger partial charge in [-0.25, -0.2) is 23.4 Å². The van der Waals surface area contributed by atoms with Gasteiger partial charge in [0.2, 0.25) is 0 Å². The van der Waals surface area contributed by atoms with Gasteiger partial charge >= 0.3 is 12.0 Å². The molecule has 2 rings (SSSR count). The van der Waals surface area contributed by atoms with Crippen molar-refractivity contribution in [1.29, 1.82) is 0 Å². The first kappa shape index (κ1) is 20.7. The number of hydrogen-bond donors (Lipinski definition) is 1. The summed E-state index contributed by atoms with van der Waals surface area (Å²) in [6.45, 7) is 0.928. The summed E-state index contributed by atoms with van der Waals surface area (Å²) in [6, 6.07) is 2.60. The number of aromatic nitrogens is 1. The van der Waals surface area contributed by atoms with Crippen molar-refractivity contribution in [2.75, 3.05) is 32.7 Å². The molecule has 0 aliphatic carbocycles. The van der Waals surface area contributed by atoms with Crippen LogP contribution in [0.15, 0.2) is 23.6 Å². The van der Waals surface area contributed by atoms with Gasteiger partial charge in [0.15, 0.2) is 17.3 Å². The van der Waals surface area contributed by atoms with Crippen molar-refractivity contribution >= 4 is 29.0 Å². The van der Waals surface area contributed by atoms with Crippen molar-refractivity contribution in [2.24, 2.45) is 0 Å². The third-order valence-electron chi connectivity index (χ3n) is 3.51. The van der Waals surface area contributed by atoms with Gasteiger partial charge in [-0.3, -0.25) is 0 Å². The zero-order valence-corrected chi connectivity index (χ0v) is 15.6. The number of carbonyl (C=O) groups excluding carboxylic acids is 2. The van der Waals surface area contributed by atoms with Gasteiger partial charge in [-0.15, -0.1) is 11.3 Å². The van der Waals surface area contributed by atoms with E-state index in [0.29, 0.717) is 24.6 Å². The molecular formula is C17H19F2N3O4S. The largest absolute Gasteiger partial charge is 0.464 e. The average Bonchev–Trinajstić information content (AvgIpc) is 3.12. The Morgan fingerprint density at radius 3 is 2.70 bits per heavy atom. The number of nitrogens with one attached hydrogen (secondary N) is 1. The minimum atomic E-state index is -1.05. The highest BCUT2D eigenvalue weighted by molar-refractivity contribution is 7.09. The van der Waals surface area contributed by atoms with Crippen LogP contribution in [0, 0.1) is 11.6 Å². The molecule has 0 aliphatic heterocycles. The molecule has 2 amide bonds. The van der Waals surface area contributed by atoms with Gasteiger partial charge in [-0.05, 0) is 18.6 Å². The SMILES string of the molecule is COCCCN(Cc1nc(C(=O)OC)cs1)C(=O)Nc1ccc(F)c(F)c1. The van der Waals surface area contributed by atoms with Crippen molar-refractivity contribution in [1.82, 2.24) is 9.88 Å². The molecule has 1 aromatic heterocycles. The number of esters is 1. The van der Waals surface area contributed by atoms with Crippen LogP contribution in [0.2, 0.25) is 0 Å². The van der Waals surface area contributed by atoms with Gasteiger partial charge in [-0.1, -0.05) is 0 Å². The fraction of sp³-hybridized carbons (Fsp3) is 0.353. The summed E-state index contributed by atoms with van der Waals surface area (Å²) in [4.78, 5) is 29.6. The van der Waals surface area contributed by atoms with E-state index in [1.54, 1.807) is 12.5 Å². The molecule has 27 heavy (non-hydrogen) atoms. The molecule has 146 valence electrons. The van der Waals surface area contributed by atoms with E-state index in [4.69, 9.17) is 4.74 Å². The number of benzene rings is 1. The number of amides is 2. The Morgan fingerprint density at radius 1 is 1.26 bits per heavy atom. The Bertz CT molecular complexity index is 800. The lowest BCUT2D eigenvalue weighted by atomic mass is 10.3. The van der Waals surface area contributed by atoms with Crippen molar-refractivity contribution in [3.05, 3.63) is 45.9 Å². The second-order valence-electron chi connectivity index (χ2n) is 5.45. The molecule has 0 bridgehead atoms. The second-order valence-corrected chi connectivity index (χ2v) is 6.39. The molecule has 0 unspecified atom stereocenters. The number of urea groups is 1. The molecule has 0 saturated carbocycles. The van der Waals surface area contributed by atoms with Gasteiger partial charge in [0.05, 0.1) is 13.7 Å². The van der Waals surface area contributed by atoms with Gasteiger partial charge in [-0.2, -0.15) is 0 Å². The first-order chi connectivity index (χ1) is 12.9. The number of halogens is 2. The number of ether oxygens (including phenoxy) is 2. The number of methoxy groups -OCH3 is 2. The molecule has 0 fully saturated rings. The second kappa shape index (κ2) is 9.93. The van der Waals surface area contributed by atoms with Crippen LogP contribution in [0.1, 0.15) is 21.9 Å². The highest BCUT2D eigenvalue weighted by Gasteiger charge is 2.18. The molecule has 0 radical (unpaired) electrons. The Hall–Kier alpha value is -2.59. The van der Waals surface area contributed by atoms with E-state index in [2.05, 4.69) is 15.0 Å². The topological polar surface area (TPSA) is 80.8 Å². The minimum absolute atomic E-state index is 0.130. The summed E-state index contributed by atoms with van der Waals surface area (Å²) in [5, 5.41) is 4.60. The van der Waals surface area contributed by atoms with Gasteiger partial charge < -0.3 is 19.7 Å². The predicted molar refractivity (Wildman–Crippen MR) is 95.7 cm³/mol. The highest BCUT2D eigenvalue weighted by atomic mass is 32.1. The van der Waals surface area contributed by atoms with Crippen molar-refractivity contribution in [2.45, 2.75) is 13.0 Å². The molecule has 0 saturated heterocycles. The monoisotopic (exact) mass is 399 g/mol. The van der Waals surface area contributed by atoms with Crippen molar-refractivity contribution in [3.63, 3.8) is 0 Å². The van der Waals surface area contributed by atoms with Crippen LogP contribution >= 0.6 is 11.3 Å². The highest BCUT2D eigenvalue weighted by Crippen LogP contribution is 2.17. The van der Waals surface area contributed by atoms with E-state index >= 15 is 0 Å². The average molecular weight is 399 g/mol. The zero-order valence-electron chi connectivity index (χ0n) is 14.8. The number of hydrogen-bond acceptors (Lipinski definition) is 6. The van der Waals surface area contributed by atoms with Crippen LogP contribution in [0.3, 0.4) is 0 Å². The normalized spacial score (nSPS) is 10.5. The van der Waals surface area contributed by atoms with E-state index in [-0.39, 0.29) is 17.9 Å². The van der Waals surface area contributed by atoms with Crippen molar-refractivity contribution < 1.29 is 27.8 Å². The van der Waals surface area contributed by atoms with Crippen molar-refractivity contribution in [3.8, 4) is 0 Å². The summed E-state index contributed by atoms with van der Waals surface area (Å²) < 4.78 is 36.0. The lowest BCUT2D eigenvalue weighted by Gasteiger charge is -2.22. The van der Waals surface area contributed by atoms with Crippen LogP contribution in [0.4, 0.5) is 19.3 Å². The number of rotatable bonds is 8. The number of anilines is 1. The van der Waals surface area contributed by atoms with E-state index < -0.39 is 23.6 Å². The Morgan fingerprint density at radius 2 is 2.04 bits per heavy atom. The standard InChI is InChI=1S/C17H19F2N3O4S/c1-25-7-3-6-22(9-15-21-14(10-27-15)16(23)26-2)17(24)20-11-4-5-12(18)13(19)8-11/h4-5,8,10H,3,6-7,9H2,1-2H3,(H,20,24). The third-order valence-corrected chi connectivity index (χ3v) is 4.34. The third kappa shape index (κ3) is 5.97. The number of thiazole rings is 1. The minimum Gasteiger partial charge on any atom is -0.464 e. The van der Waals surface area contributed by atoms with Crippen LogP contribution < -0.4 is 5.32 Å². The van der Waals surface area contributed by atoms with Crippen LogP contribution in [0.25, 0.3) is 0 Å². The van der Waals surface area contributed by atoms with Crippen LogP contribution in [-0.2, 0) is 16.0 Å². The molecule has 7 nitrogen and oxygen atoms in total. The summed E-state index contributed by atoms with van der Waals surface area (Å²) in [6.07, 6.45) is 0.566. The maximum absolute atomic E-state index is 13.3. The first-order valence-corrected chi connectivity index (χ1v) is 8.85. The summed E-state index contributed by atoms with van der Waals surface area (Å²) >= 11 is 1.21. The fourth-order valence-corrected chi connectivity index (χ4v) is 2.95. The van der Waals surface area contributed by atoms with E-state index in [1.165, 1.54) is 29.4 Å². The van der Waals surface area contributed by atoms with Crippen LogP contribution in [0.5, 0.6) is 0 Å². The van der Waals surface area contributed by atoms with E-state index in [0.717, 1.165) is 12.1 Å². The molecule has 1 heterocycles. The number of nitrogens with zero attached hydrogens (tertiary/aromatic N) is 2. The Kier molecular flexibility index (Phi) is 7.62. The van der Waals surface area contributed by atoms with Gasteiger partial charge in [0.1, 0.15) is 5.01 Å². The lowest BCUT2D eigenvalue weighted by molar-refractivity contribution is 0.0594. The fourth-order valence-electron chi connectivity index (χ4n) is 2.17. The molecule has 0 aliphatic rings. The molecular weight excluding hydrogens is 380 g/mol. The van der Waals surface area contributed by atoms with E-state index in [9.17, 15) is 18.4 Å². The molecule has 1 N–H and O–H groups in total. The molecule has 0 atom stereocenters. The number of carbonyl (C=O) groups is 2. The smallest absolute Gasteiger partial charge is 0.357 e. The molecule has 10 heteroatoms. The van der Waals surface area contributed by atoms with Gasteiger partial charge in [0.25, 0.3) is 0 Å². The summed E-state index contributed by atoms with van der Waals surface area (Å²) in [5.74, 6) is -2.61. The lowest BCUT2D eigenvalue weighted by Crippen LogP contribution is -2.35. The van der Waals surface area contributed by atoms with Gasteiger partial charge in [0, 0.05) is 37.4 Å². The maximum Gasteiger partial charge on any atom is 0.357 e. The molecule has 1 aromatic carbocycles. The van der Waals surface area contributed by atoms with Crippen LogP contribution in [-0.4, -0.2) is 49.3 Å². The zero-order chi connectivity index (χ0) is 19.8. The Balaban J connectivity index is 2.09. The quantitative estimate of drug-likeness (QED) is 0.544.